The standard InChI is InChI=1S/C20H21NO5S/c1-27(23,24)16-5-2-4-15(12-16)20(22)21-9-3-6-17(21)14-7-8-18-19(13-14)26-11-10-25-18/h2,4-5,7-8,12-13,17H,3,6,9-11H2,1H3/t17-/m1/s1. The van der Waals surface area contributed by atoms with Crippen molar-refractivity contribution >= 4 is 15.7 Å². The van der Waals surface area contributed by atoms with Gasteiger partial charge in [0.1, 0.15) is 13.2 Å². The normalized spacial score (nSPS) is 19.1. The van der Waals surface area contributed by atoms with Gasteiger partial charge in [0, 0.05) is 18.4 Å². The minimum atomic E-state index is -3.36. The van der Waals surface area contributed by atoms with Crippen molar-refractivity contribution in [2.75, 3.05) is 26.0 Å². The minimum absolute atomic E-state index is 0.0600. The topological polar surface area (TPSA) is 72.9 Å². The Kier molecular flexibility index (Phi) is 4.55. The second kappa shape index (κ2) is 6.88. The van der Waals surface area contributed by atoms with Gasteiger partial charge in [-0.2, -0.15) is 0 Å². The van der Waals surface area contributed by atoms with Gasteiger partial charge in [-0.1, -0.05) is 12.1 Å². The average molecular weight is 387 g/mol. The number of likely N-dealkylation sites (tertiary alicyclic amines) is 1. The number of hydrogen-bond donors (Lipinski definition) is 0. The van der Waals surface area contributed by atoms with Crippen molar-refractivity contribution in [3.05, 3.63) is 53.6 Å². The van der Waals surface area contributed by atoms with E-state index in [0.717, 1.165) is 30.4 Å². The van der Waals surface area contributed by atoms with E-state index in [1.165, 1.54) is 12.1 Å². The number of ether oxygens (including phenoxy) is 2. The summed E-state index contributed by atoms with van der Waals surface area (Å²) >= 11 is 0. The number of benzene rings is 2. The van der Waals surface area contributed by atoms with Crippen LogP contribution in [0.3, 0.4) is 0 Å². The summed E-state index contributed by atoms with van der Waals surface area (Å²) in [6.45, 7) is 1.69. The smallest absolute Gasteiger partial charge is 0.254 e. The minimum Gasteiger partial charge on any atom is -0.486 e. The molecule has 2 aromatic rings. The molecular formula is C20H21NO5S. The largest absolute Gasteiger partial charge is 0.486 e. The molecule has 1 fully saturated rings. The third-order valence-electron chi connectivity index (χ3n) is 4.97. The molecule has 0 N–H and O–H groups in total. The van der Waals surface area contributed by atoms with Gasteiger partial charge in [-0.15, -0.1) is 0 Å². The average Bonchev–Trinajstić information content (AvgIpc) is 3.16. The van der Waals surface area contributed by atoms with E-state index in [9.17, 15) is 13.2 Å². The fraction of sp³-hybridized carbons (Fsp3) is 0.350. The van der Waals surface area contributed by atoms with Crippen LogP contribution in [0.5, 0.6) is 11.5 Å². The van der Waals surface area contributed by atoms with Gasteiger partial charge in [-0.3, -0.25) is 4.79 Å². The van der Waals surface area contributed by atoms with Crippen molar-refractivity contribution in [2.45, 2.75) is 23.8 Å². The molecule has 0 unspecified atom stereocenters. The number of hydrogen-bond acceptors (Lipinski definition) is 5. The lowest BCUT2D eigenvalue weighted by Gasteiger charge is -2.27. The highest BCUT2D eigenvalue weighted by atomic mass is 32.2. The molecule has 0 aliphatic carbocycles. The van der Waals surface area contributed by atoms with Crippen molar-refractivity contribution in [3.8, 4) is 11.5 Å². The Morgan fingerprint density at radius 1 is 1.07 bits per heavy atom. The fourth-order valence-electron chi connectivity index (χ4n) is 3.65. The van der Waals surface area contributed by atoms with E-state index < -0.39 is 9.84 Å². The van der Waals surface area contributed by atoms with Crippen LogP contribution in [0, 0.1) is 0 Å². The number of sulfone groups is 1. The molecule has 2 aliphatic heterocycles. The summed E-state index contributed by atoms with van der Waals surface area (Å²) in [5, 5.41) is 0. The highest BCUT2D eigenvalue weighted by molar-refractivity contribution is 7.90. The van der Waals surface area contributed by atoms with Crippen LogP contribution in [0.4, 0.5) is 0 Å². The summed E-state index contributed by atoms with van der Waals surface area (Å²) in [5.74, 6) is 1.27. The van der Waals surface area contributed by atoms with Crippen LogP contribution >= 0.6 is 0 Å². The zero-order valence-electron chi connectivity index (χ0n) is 15.1. The zero-order chi connectivity index (χ0) is 19.0. The van der Waals surface area contributed by atoms with Crippen molar-refractivity contribution < 1.29 is 22.7 Å². The molecule has 142 valence electrons. The lowest BCUT2D eigenvalue weighted by molar-refractivity contribution is 0.0735. The van der Waals surface area contributed by atoms with E-state index in [1.807, 2.05) is 23.1 Å². The Morgan fingerprint density at radius 3 is 2.63 bits per heavy atom. The first-order valence-corrected chi connectivity index (χ1v) is 10.8. The summed E-state index contributed by atoms with van der Waals surface area (Å²) < 4.78 is 34.8. The van der Waals surface area contributed by atoms with E-state index in [0.29, 0.717) is 31.1 Å². The number of rotatable bonds is 3. The van der Waals surface area contributed by atoms with Gasteiger partial charge in [0.25, 0.3) is 5.91 Å². The molecule has 0 bridgehead atoms. The highest BCUT2D eigenvalue weighted by Gasteiger charge is 2.31. The second-order valence-electron chi connectivity index (χ2n) is 6.86. The van der Waals surface area contributed by atoms with Crippen molar-refractivity contribution in [1.82, 2.24) is 4.90 Å². The van der Waals surface area contributed by atoms with E-state index >= 15 is 0 Å². The lowest BCUT2D eigenvalue weighted by Crippen LogP contribution is -2.30. The number of carbonyl (C=O) groups is 1. The van der Waals surface area contributed by atoms with E-state index in [-0.39, 0.29) is 16.8 Å². The van der Waals surface area contributed by atoms with E-state index in [2.05, 4.69) is 0 Å². The molecule has 0 aromatic heterocycles. The fourth-order valence-corrected chi connectivity index (χ4v) is 4.32. The Hall–Kier alpha value is -2.54. The van der Waals surface area contributed by atoms with E-state index in [1.54, 1.807) is 12.1 Å². The highest BCUT2D eigenvalue weighted by Crippen LogP contribution is 2.38. The first-order valence-electron chi connectivity index (χ1n) is 8.94. The van der Waals surface area contributed by atoms with Crippen molar-refractivity contribution in [2.24, 2.45) is 0 Å². The van der Waals surface area contributed by atoms with Crippen LogP contribution in [-0.2, 0) is 9.84 Å². The Morgan fingerprint density at radius 2 is 1.85 bits per heavy atom. The first-order chi connectivity index (χ1) is 12.9. The molecule has 0 saturated carbocycles. The predicted molar refractivity (Wildman–Crippen MR) is 100.0 cm³/mol. The Bertz CT molecular complexity index is 986. The van der Waals surface area contributed by atoms with Gasteiger partial charge >= 0.3 is 0 Å². The molecule has 0 radical (unpaired) electrons. The zero-order valence-corrected chi connectivity index (χ0v) is 15.9. The maximum absolute atomic E-state index is 13.1. The summed E-state index contributed by atoms with van der Waals surface area (Å²) in [6, 6.07) is 12.0. The molecule has 4 rings (SSSR count). The number of amides is 1. The summed E-state index contributed by atoms with van der Waals surface area (Å²) in [4.78, 5) is 15.0. The molecule has 1 amide bonds. The SMILES string of the molecule is CS(=O)(=O)c1cccc(C(=O)N2CCC[C@@H]2c2ccc3c(c2)OCCO3)c1. The van der Waals surface area contributed by atoms with Crippen LogP contribution in [0.2, 0.25) is 0 Å². The number of nitrogens with zero attached hydrogens (tertiary/aromatic N) is 1. The molecule has 1 saturated heterocycles. The first kappa shape index (κ1) is 17.9. The van der Waals surface area contributed by atoms with Gasteiger partial charge in [-0.05, 0) is 48.7 Å². The Labute approximate surface area is 158 Å². The quantitative estimate of drug-likeness (QED) is 0.810. The maximum atomic E-state index is 13.1. The molecule has 6 nitrogen and oxygen atoms in total. The van der Waals surface area contributed by atoms with Crippen LogP contribution < -0.4 is 9.47 Å². The van der Waals surface area contributed by atoms with Gasteiger partial charge in [0.05, 0.1) is 10.9 Å². The molecule has 27 heavy (non-hydrogen) atoms. The molecule has 1 atom stereocenters. The maximum Gasteiger partial charge on any atom is 0.254 e. The summed E-state index contributed by atoms with van der Waals surface area (Å²) in [5.41, 5.74) is 1.40. The Balaban J connectivity index is 1.63. The molecule has 7 heteroatoms. The molecule has 2 aliphatic rings. The molecule has 0 spiro atoms. The van der Waals surface area contributed by atoms with Gasteiger partial charge < -0.3 is 14.4 Å². The third kappa shape index (κ3) is 3.51. The van der Waals surface area contributed by atoms with Crippen LogP contribution in [-0.4, -0.2) is 45.2 Å². The predicted octanol–water partition coefficient (Wildman–Crippen LogP) is 2.84. The molecular weight excluding hydrogens is 366 g/mol. The number of fused-ring (bicyclic) bond motifs is 1. The van der Waals surface area contributed by atoms with Gasteiger partial charge in [0.2, 0.25) is 0 Å². The molecule has 2 aromatic carbocycles. The summed E-state index contributed by atoms with van der Waals surface area (Å²) in [6.07, 6.45) is 2.90. The lowest BCUT2D eigenvalue weighted by atomic mass is 10.0. The van der Waals surface area contributed by atoms with Crippen molar-refractivity contribution in [3.63, 3.8) is 0 Å². The van der Waals surface area contributed by atoms with Crippen LogP contribution in [0.25, 0.3) is 0 Å². The third-order valence-corrected chi connectivity index (χ3v) is 6.08. The van der Waals surface area contributed by atoms with Crippen molar-refractivity contribution in [1.29, 1.82) is 0 Å². The number of carbonyl (C=O) groups excluding carboxylic acids is 1. The van der Waals surface area contributed by atoms with Crippen LogP contribution in [0.1, 0.15) is 34.8 Å². The summed E-state index contributed by atoms with van der Waals surface area (Å²) in [7, 11) is -3.36. The second-order valence-corrected chi connectivity index (χ2v) is 8.88. The van der Waals surface area contributed by atoms with Crippen LogP contribution in [0.15, 0.2) is 47.4 Å². The van der Waals surface area contributed by atoms with Gasteiger partial charge in [0.15, 0.2) is 21.3 Å². The van der Waals surface area contributed by atoms with Gasteiger partial charge in [-0.25, -0.2) is 8.42 Å². The monoisotopic (exact) mass is 387 g/mol. The molecule has 2 heterocycles. The van der Waals surface area contributed by atoms with E-state index in [4.69, 9.17) is 9.47 Å².